The second kappa shape index (κ2) is 6.31. The average molecular weight is 382 g/mol. The Balaban J connectivity index is 1.67. The van der Waals surface area contributed by atoms with E-state index in [0.717, 1.165) is 64.8 Å². The third-order valence-electron chi connectivity index (χ3n) is 5.69. The van der Waals surface area contributed by atoms with E-state index in [-0.39, 0.29) is 5.63 Å². The molecular formula is C22H20ClNO3. The summed E-state index contributed by atoms with van der Waals surface area (Å²) in [6.07, 6.45) is 3.91. The minimum Gasteiger partial charge on any atom is -0.472 e. The Morgan fingerprint density at radius 3 is 2.70 bits per heavy atom. The van der Waals surface area contributed by atoms with Crippen LogP contribution in [-0.4, -0.2) is 6.73 Å². The fraction of sp³-hybridized carbons (Fsp3) is 0.318. The van der Waals surface area contributed by atoms with Gasteiger partial charge in [-0.25, -0.2) is 4.79 Å². The lowest BCUT2D eigenvalue weighted by Gasteiger charge is -2.32. The Morgan fingerprint density at radius 1 is 1.11 bits per heavy atom. The lowest BCUT2D eigenvalue weighted by molar-refractivity contribution is 0.287. The number of nitrogens with zero attached hydrogens (tertiary/aromatic N) is 1. The maximum atomic E-state index is 12.4. The molecule has 0 saturated heterocycles. The van der Waals surface area contributed by atoms with E-state index < -0.39 is 0 Å². The van der Waals surface area contributed by atoms with Gasteiger partial charge in [-0.2, -0.15) is 0 Å². The molecule has 2 aliphatic rings. The summed E-state index contributed by atoms with van der Waals surface area (Å²) in [5.41, 5.74) is 5.48. The highest BCUT2D eigenvalue weighted by molar-refractivity contribution is 6.33. The van der Waals surface area contributed by atoms with Crippen LogP contribution in [0.2, 0.25) is 5.02 Å². The van der Waals surface area contributed by atoms with Crippen molar-refractivity contribution in [2.75, 3.05) is 11.6 Å². The molecule has 0 N–H and O–H groups in total. The van der Waals surface area contributed by atoms with E-state index in [0.29, 0.717) is 23.9 Å². The van der Waals surface area contributed by atoms with Gasteiger partial charge in [-0.1, -0.05) is 23.7 Å². The van der Waals surface area contributed by atoms with Crippen LogP contribution in [0, 0.1) is 6.92 Å². The number of ether oxygens (including phenoxy) is 1. The molecule has 2 aromatic carbocycles. The zero-order valence-corrected chi connectivity index (χ0v) is 15.9. The highest BCUT2D eigenvalue weighted by Crippen LogP contribution is 2.39. The molecule has 0 atom stereocenters. The van der Waals surface area contributed by atoms with Crippen molar-refractivity contribution >= 4 is 28.3 Å². The van der Waals surface area contributed by atoms with E-state index in [1.54, 1.807) is 0 Å². The Bertz CT molecular complexity index is 1120. The molecule has 0 fully saturated rings. The van der Waals surface area contributed by atoms with Crippen LogP contribution >= 0.6 is 11.6 Å². The number of anilines is 1. The summed E-state index contributed by atoms with van der Waals surface area (Å²) in [6, 6.07) is 9.95. The summed E-state index contributed by atoms with van der Waals surface area (Å²) >= 11 is 6.38. The molecule has 27 heavy (non-hydrogen) atoms. The number of rotatable bonds is 1. The van der Waals surface area contributed by atoms with Crippen LogP contribution in [0.5, 0.6) is 5.75 Å². The summed E-state index contributed by atoms with van der Waals surface area (Å²) in [7, 11) is 0. The largest absolute Gasteiger partial charge is 0.472 e. The highest BCUT2D eigenvalue weighted by atomic mass is 35.5. The van der Waals surface area contributed by atoms with E-state index >= 15 is 0 Å². The molecule has 4 nitrogen and oxygen atoms in total. The van der Waals surface area contributed by atoms with Crippen LogP contribution in [-0.2, 0) is 19.4 Å². The topological polar surface area (TPSA) is 42.7 Å². The summed E-state index contributed by atoms with van der Waals surface area (Å²) in [5, 5.41) is 1.77. The first-order valence-electron chi connectivity index (χ1n) is 9.37. The van der Waals surface area contributed by atoms with Gasteiger partial charge >= 0.3 is 5.63 Å². The second-order valence-corrected chi connectivity index (χ2v) is 7.75. The SMILES string of the molecule is Cc1c2c(cc3c4c(c(=O)oc13)CCCC4)CN(c1ccccc1Cl)CO2. The molecule has 3 aromatic rings. The van der Waals surface area contributed by atoms with Crippen LogP contribution in [0.3, 0.4) is 0 Å². The zero-order chi connectivity index (χ0) is 18.5. The molecule has 5 heteroatoms. The molecule has 0 radical (unpaired) electrons. The second-order valence-electron chi connectivity index (χ2n) is 7.34. The van der Waals surface area contributed by atoms with Crippen molar-refractivity contribution < 1.29 is 9.15 Å². The Hall–Kier alpha value is -2.46. The fourth-order valence-electron chi connectivity index (χ4n) is 4.36. The van der Waals surface area contributed by atoms with E-state index in [9.17, 15) is 4.79 Å². The van der Waals surface area contributed by atoms with Crippen molar-refractivity contribution in [3.63, 3.8) is 0 Å². The van der Waals surface area contributed by atoms with Crippen LogP contribution in [0.15, 0.2) is 39.5 Å². The lowest BCUT2D eigenvalue weighted by atomic mass is 9.89. The van der Waals surface area contributed by atoms with Gasteiger partial charge in [0.25, 0.3) is 0 Å². The molecule has 1 aromatic heterocycles. The molecule has 1 aliphatic heterocycles. The minimum absolute atomic E-state index is 0.186. The van der Waals surface area contributed by atoms with Crippen molar-refractivity contribution in [3.05, 3.63) is 68.0 Å². The predicted octanol–water partition coefficient (Wildman–Crippen LogP) is 4.99. The minimum atomic E-state index is -0.186. The summed E-state index contributed by atoms with van der Waals surface area (Å²) in [4.78, 5) is 14.6. The summed E-state index contributed by atoms with van der Waals surface area (Å²) in [5.74, 6) is 0.824. The molecule has 0 saturated carbocycles. The number of halogens is 1. The molecule has 138 valence electrons. The first-order valence-corrected chi connectivity index (χ1v) is 9.74. The molecule has 0 spiro atoms. The third kappa shape index (κ3) is 2.62. The first-order chi connectivity index (χ1) is 13.1. The van der Waals surface area contributed by atoms with E-state index in [1.807, 2.05) is 31.2 Å². The van der Waals surface area contributed by atoms with Gasteiger partial charge in [0.2, 0.25) is 0 Å². The lowest BCUT2D eigenvalue weighted by Crippen LogP contribution is -2.32. The molecule has 5 rings (SSSR count). The van der Waals surface area contributed by atoms with Crippen LogP contribution < -0.4 is 15.3 Å². The maximum absolute atomic E-state index is 12.4. The van der Waals surface area contributed by atoms with E-state index in [4.69, 9.17) is 20.8 Å². The van der Waals surface area contributed by atoms with Crippen molar-refractivity contribution in [1.82, 2.24) is 0 Å². The van der Waals surface area contributed by atoms with Crippen LogP contribution in [0.1, 0.15) is 35.1 Å². The molecule has 0 unspecified atom stereocenters. The number of hydrogen-bond acceptors (Lipinski definition) is 4. The van der Waals surface area contributed by atoms with E-state index in [2.05, 4.69) is 11.0 Å². The van der Waals surface area contributed by atoms with Gasteiger partial charge in [0, 0.05) is 28.6 Å². The van der Waals surface area contributed by atoms with Crippen molar-refractivity contribution in [2.24, 2.45) is 0 Å². The fourth-order valence-corrected chi connectivity index (χ4v) is 4.62. The van der Waals surface area contributed by atoms with Crippen LogP contribution in [0.4, 0.5) is 5.69 Å². The molecule has 1 aliphatic carbocycles. The monoisotopic (exact) mass is 381 g/mol. The van der Waals surface area contributed by atoms with E-state index in [1.165, 1.54) is 0 Å². The summed E-state index contributed by atoms with van der Waals surface area (Å²) in [6.45, 7) is 3.10. The number of hydrogen-bond donors (Lipinski definition) is 0. The Kier molecular flexibility index (Phi) is 3.90. The van der Waals surface area contributed by atoms with Gasteiger partial charge < -0.3 is 14.1 Å². The normalized spacial score (nSPS) is 16.0. The Morgan fingerprint density at radius 2 is 1.89 bits per heavy atom. The van der Waals surface area contributed by atoms with Crippen molar-refractivity contribution in [2.45, 2.75) is 39.2 Å². The molecular weight excluding hydrogens is 362 g/mol. The van der Waals surface area contributed by atoms with Gasteiger partial charge in [-0.3, -0.25) is 0 Å². The summed E-state index contributed by atoms with van der Waals surface area (Å²) < 4.78 is 11.8. The number of fused-ring (bicyclic) bond motifs is 4. The van der Waals surface area contributed by atoms with Crippen LogP contribution in [0.25, 0.3) is 11.0 Å². The number of aryl methyl sites for hydroxylation is 2. The molecule has 2 heterocycles. The standard InChI is InChI=1S/C22H20ClNO3/c1-13-20-14(11-24(12-26-20)19-9-5-4-8-18(19)23)10-17-15-6-2-3-7-16(15)22(25)27-21(13)17/h4-5,8-10H,2-3,6-7,11-12H2,1H3. The Labute approximate surface area is 162 Å². The highest BCUT2D eigenvalue weighted by Gasteiger charge is 2.26. The smallest absolute Gasteiger partial charge is 0.339 e. The zero-order valence-electron chi connectivity index (χ0n) is 15.2. The van der Waals surface area contributed by atoms with Gasteiger partial charge in [0.15, 0.2) is 6.73 Å². The first kappa shape index (κ1) is 16.7. The third-order valence-corrected chi connectivity index (χ3v) is 6.01. The number of para-hydroxylation sites is 1. The van der Waals surface area contributed by atoms with Gasteiger partial charge in [-0.05, 0) is 56.4 Å². The molecule has 0 amide bonds. The molecule has 0 bridgehead atoms. The maximum Gasteiger partial charge on any atom is 0.339 e. The van der Waals surface area contributed by atoms with Gasteiger partial charge in [0.1, 0.15) is 11.3 Å². The predicted molar refractivity (Wildman–Crippen MR) is 107 cm³/mol. The average Bonchev–Trinajstić information content (AvgIpc) is 2.69. The number of benzene rings is 2. The quantitative estimate of drug-likeness (QED) is 0.557. The van der Waals surface area contributed by atoms with Gasteiger partial charge in [-0.15, -0.1) is 0 Å². The van der Waals surface area contributed by atoms with Crippen molar-refractivity contribution in [3.8, 4) is 5.75 Å². The van der Waals surface area contributed by atoms with Crippen molar-refractivity contribution in [1.29, 1.82) is 0 Å². The van der Waals surface area contributed by atoms with Gasteiger partial charge in [0.05, 0.1) is 10.7 Å².